The van der Waals surface area contributed by atoms with Gasteiger partial charge in [0.15, 0.2) is 5.78 Å². The van der Waals surface area contributed by atoms with Crippen molar-refractivity contribution in [3.8, 4) is 0 Å². The summed E-state index contributed by atoms with van der Waals surface area (Å²) in [6, 6.07) is 0. The van der Waals surface area contributed by atoms with Crippen molar-refractivity contribution in [3.63, 3.8) is 0 Å². The van der Waals surface area contributed by atoms with Crippen LogP contribution in [-0.4, -0.2) is 23.5 Å². The molecule has 0 amide bonds. The average Bonchev–Trinajstić information content (AvgIpc) is 2.96. The number of unbranched alkanes of at least 4 members (excludes halogenated alkanes) is 1. The predicted molar refractivity (Wildman–Crippen MR) is 78.6 cm³/mol. The van der Waals surface area contributed by atoms with Gasteiger partial charge in [-0.05, 0) is 44.8 Å². The molecule has 6 heteroatoms. The molecule has 0 aromatic carbocycles. The Labute approximate surface area is 134 Å². The lowest BCUT2D eigenvalue weighted by Gasteiger charge is -2.30. The first-order valence-electron chi connectivity index (χ1n) is 8.17. The van der Waals surface area contributed by atoms with Crippen LogP contribution in [0, 0.1) is 11.3 Å². The molecule has 1 saturated heterocycles. The van der Waals surface area contributed by atoms with Crippen LogP contribution in [-0.2, 0) is 14.3 Å². The molecule has 1 saturated carbocycles. The summed E-state index contributed by atoms with van der Waals surface area (Å²) in [4.78, 5) is 23.8. The zero-order valence-corrected chi connectivity index (χ0v) is 13.5. The monoisotopic (exact) mass is 332 g/mol. The summed E-state index contributed by atoms with van der Waals surface area (Å²) in [6.07, 6.45) is 1.02. The molecule has 130 valence electrons. The summed E-state index contributed by atoms with van der Waals surface area (Å²) in [5.74, 6) is -1.32. The lowest BCUT2D eigenvalue weighted by Crippen LogP contribution is -2.42. The third-order valence-corrected chi connectivity index (χ3v) is 5.24. The van der Waals surface area contributed by atoms with E-state index in [4.69, 9.17) is 4.74 Å². The molecule has 2 aliphatic rings. The van der Waals surface area contributed by atoms with E-state index in [2.05, 4.69) is 0 Å². The summed E-state index contributed by atoms with van der Waals surface area (Å²) in [5.41, 5.74) is -3.25. The highest BCUT2D eigenvalue weighted by atomic mass is 19.4. The number of fused-ring (bicyclic) bond motifs is 1. The Morgan fingerprint density at radius 3 is 2.74 bits per heavy atom. The van der Waals surface area contributed by atoms with Crippen molar-refractivity contribution in [3.05, 3.63) is 12.2 Å². The fourth-order valence-electron chi connectivity index (χ4n) is 3.53. The second-order valence-electron chi connectivity index (χ2n) is 6.85. The first kappa shape index (κ1) is 18.0. The van der Waals surface area contributed by atoms with E-state index in [1.54, 1.807) is 6.92 Å². The van der Waals surface area contributed by atoms with E-state index in [0.29, 0.717) is 19.3 Å². The lowest BCUT2D eigenvalue weighted by molar-refractivity contribution is -0.215. The van der Waals surface area contributed by atoms with Crippen LogP contribution in [0.2, 0.25) is 0 Å². The Kier molecular flexibility index (Phi) is 4.92. The molecule has 1 aliphatic carbocycles. The van der Waals surface area contributed by atoms with Gasteiger partial charge in [-0.25, -0.2) is 0 Å². The molecule has 0 aromatic rings. The molecule has 0 radical (unpaired) electrons. The minimum Gasteiger partial charge on any atom is -0.454 e. The van der Waals surface area contributed by atoms with Gasteiger partial charge in [0, 0.05) is 5.92 Å². The van der Waals surface area contributed by atoms with Gasteiger partial charge < -0.3 is 4.74 Å². The summed E-state index contributed by atoms with van der Waals surface area (Å²) in [6.45, 7) is 2.75. The van der Waals surface area contributed by atoms with E-state index in [1.165, 1.54) is 6.08 Å². The lowest BCUT2D eigenvalue weighted by atomic mass is 9.79. The van der Waals surface area contributed by atoms with E-state index >= 15 is 0 Å². The zero-order chi connectivity index (χ0) is 17.3. The highest BCUT2D eigenvalue weighted by molar-refractivity contribution is 5.95. The Hall–Kier alpha value is -1.33. The molecule has 0 spiro atoms. The topological polar surface area (TPSA) is 43.4 Å². The number of carbonyl (C=O) groups is 2. The van der Waals surface area contributed by atoms with Crippen molar-refractivity contribution < 1.29 is 27.5 Å². The summed E-state index contributed by atoms with van der Waals surface area (Å²) >= 11 is 0. The summed E-state index contributed by atoms with van der Waals surface area (Å²) in [7, 11) is 0. The first-order valence-corrected chi connectivity index (χ1v) is 8.17. The van der Waals surface area contributed by atoms with E-state index in [9.17, 15) is 22.8 Å². The average molecular weight is 332 g/mol. The number of carbonyl (C=O) groups excluding carboxylic acids is 2. The van der Waals surface area contributed by atoms with Crippen LogP contribution in [0.5, 0.6) is 0 Å². The number of ether oxygens (including phenoxy) is 1. The maximum atomic E-state index is 13.4. The van der Waals surface area contributed by atoms with Crippen LogP contribution in [0.3, 0.4) is 0 Å². The van der Waals surface area contributed by atoms with Crippen molar-refractivity contribution in [1.29, 1.82) is 0 Å². The van der Waals surface area contributed by atoms with Crippen molar-refractivity contribution in [2.45, 2.75) is 70.6 Å². The van der Waals surface area contributed by atoms with Crippen LogP contribution >= 0.6 is 0 Å². The van der Waals surface area contributed by atoms with Crippen LogP contribution in [0.4, 0.5) is 13.2 Å². The minimum atomic E-state index is -4.59. The Morgan fingerprint density at radius 2 is 2.13 bits per heavy atom. The van der Waals surface area contributed by atoms with E-state index in [1.807, 2.05) is 0 Å². The second kappa shape index (κ2) is 6.29. The van der Waals surface area contributed by atoms with Gasteiger partial charge in [0.25, 0.3) is 0 Å². The quantitative estimate of drug-likeness (QED) is 0.536. The molecule has 0 N–H and O–H groups in total. The van der Waals surface area contributed by atoms with E-state index < -0.39 is 23.0 Å². The van der Waals surface area contributed by atoms with E-state index in [0.717, 1.165) is 25.8 Å². The number of ketones is 1. The fourth-order valence-corrected chi connectivity index (χ4v) is 3.53. The van der Waals surface area contributed by atoms with Crippen LogP contribution in [0.1, 0.15) is 58.8 Å². The molecule has 1 aliphatic heterocycles. The van der Waals surface area contributed by atoms with Gasteiger partial charge in [0.2, 0.25) is 0 Å². The van der Waals surface area contributed by atoms with Gasteiger partial charge in [0.1, 0.15) is 11.0 Å². The van der Waals surface area contributed by atoms with Crippen molar-refractivity contribution in [2.24, 2.45) is 11.3 Å². The predicted octanol–water partition coefficient (Wildman–Crippen LogP) is 4.36. The summed E-state index contributed by atoms with van der Waals surface area (Å²) < 4.78 is 45.4. The van der Waals surface area contributed by atoms with Crippen LogP contribution < -0.4 is 0 Å². The fraction of sp³-hybridized carbons (Fsp3) is 0.765. The Morgan fingerprint density at radius 1 is 1.43 bits per heavy atom. The number of allylic oxidation sites excluding steroid dienone is 1. The zero-order valence-electron chi connectivity index (χ0n) is 13.5. The molecular formula is C17H23F3O3. The molecule has 0 aromatic heterocycles. The van der Waals surface area contributed by atoms with Gasteiger partial charge in [-0.3, -0.25) is 9.59 Å². The number of rotatable bonds is 6. The molecule has 0 bridgehead atoms. The molecule has 3 nitrogen and oxygen atoms in total. The maximum Gasteiger partial charge on any atom is 0.401 e. The number of esters is 1. The van der Waals surface area contributed by atoms with Crippen LogP contribution in [0.25, 0.3) is 0 Å². The van der Waals surface area contributed by atoms with Gasteiger partial charge in [0.05, 0.1) is 6.42 Å². The molecular weight excluding hydrogens is 309 g/mol. The molecule has 1 heterocycles. The van der Waals surface area contributed by atoms with Crippen molar-refractivity contribution >= 4 is 11.8 Å². The first-order chi connectivity index (χ1) is 10.6. The highest BCUT2D eigenvalue weighted by Crippen LogP contribution is 2.48. The molecule has 2 rings (SSSR count). The number of hydrogen-bond donors (Lipinski definition) is 0. The van der Waals surface area contributed by atoms with Gasteiger partial charge in [-0.15, -0.1) is 0 Å². The highest BCUT2D eigenvalue weighted by Gasteiger charge is 2.55. The van der Waals surface area contributed by atoms with Gasteiger partial charge in [-0.1, -0.05) is 19.8 Å². The van der Waals surface area contributed by atoms with Gasteiger partial charge in [-0.2, -0.15) is 13.2 Å². The smallest absolute Gasteiger partial charge is 0.401 e. The summed E-state index contributed by atoms with van der Waals surface area (Å²) in [5, 5.41) is 0. The van der Waals surface area contributed by atoms with Crippen molar-refractivity contribution in [1.82, 2.24) is 0 Å². The van der Waals surface area contributed by atoms with Gasteiger partial charge >= 0.3 is 12.1 Å². The number of alkyl halides is 3. The Balaban J connectivity index is 2.20. The molecule has 0 unspecified atom stereocenters. The van der Waals surface area contributed by atoms with E-state index in [-0.39, 0.29) is 24.7 Å². The number of halogens is 3. The largest absolute Gasteiger partial charge is 0.454 e. The molecule has 23 heavy (non-hydrogen) atoms. The third kappa shape index (κ3) is 3.31. The number of hydrogen-bond acceptors (Lipinski definition) is 3. The minimum absolute atomic E-state index is 0.0214. The van der Waals surface area contributed by atoms with Crippen molar-refractivity contribution in [2.75, 3.05) is 0 Å². The van der Waals surface area contributed by atoms with Crippen LogP contribution in [0.15, 0.2) is 12.2 Å². The Bertz CT molecular complexity index is 512. The standard InChI is InChI=1S/C17H23F3O3/c1-3-4-8-15(2,17(18,19)20)13(21)7-10-16-9-5-6-12(16)11-14(22)23-16/h7,10,12H,3-6,8-9,11H2,1-2H3/t12-,15+,16-/m0/s1. The third-order valence-electron chi connectivity index (χ3n) is 5.24. The molecule has 3 atom stereocenters. The maximum absolute atomic E-state index is 13.4. The SMILES string of the molecule is CCCC[C@](C)(C(=O)C=C[C@@]12CCC[C@H]1CC(=O)O2)C(F)(F)F. The second-order valence-corrected chi connectivity index (χ2v) is 6.85. The molecule has 2 fully saturated rings. The normalized spacial score (nSPS) is 30.3.